The second-order valence-electron chi connectivity index (χ2n) is 4.46. The third kappa shape index (κ3) is 3.82. The van der Waals surface area contributed by atoms with Gasteiger partial charge in [0.15, 0.2) is 0 Å². The van der Waals surface area contributed by atoms with Crippen molar-refractivity contribution < 1.29 is 19.4 Å². The molecule has 21 heavy (non-hydrogen) atoms. The number of hydrogen-bond acceptors (Lipinski definition) is 4. The number of amides is 1. The molecule has 0 bridgehead atoms. The van der Waals surface area contributed by atoms with Crippen LogP contribution in [0.5, 0.6) is 5.75 Å². The first-order valence-electron chi connectivity index (χ1n) is 6.29. The van der Waals surface area contributed by atoms with Gasteiger partial charge in [-0.25, -0.2) is 4.79 Å². The van der Waals surface area contributed by atoms with E-state index in [0.717, 1.165) is 10.4 Å². The predicted molar refractivity (Wildman–Crippen MR) is 81.1 cm³/mol. The summed E-state index contributed by atoms with van der Waals surface area (Å²) in [6.45, 7) is 3.54. The highest BCUT2D eigenvalue weighted by Crippen LogP contribution is 2.27. The first-order valence-corrected chi connectivity index (χ1v) is 7.11. The Hall–Kier alpha value is -2.34. The van der Waals surface area contributed by atoms with E-state index >= 15 is 0 Å². The Labute approximate surface area is 126 Å². The minimum Gasteiger partial charge on any atom is -0.487 e. The molecule has 2 N–H and O–H groups in total. The number of rotatable bonds is 5. The number of nitrogens with one attached hydrogen (secondary N) is 1. The van der Waals surface area contributed by atoms with Crippen molar-refractivity contribution in [1.29, 1.82) is 0 Å². The van der Waals surface area contributed by atoms with Gasteiger partial charge in [-0.05, 0) is 25.1 Å². The molecule has 1 aromatic carbocycles. The molecule has 0 atom stereocenters. The number of carbonyl (C=O) groups is 2. The molecule has 0 aliphatic heterocycles. The molecule has 1 aromatic heterocycles. The monoisotopic (exact) mass is 305 g/mol. The Balaban J connectivity index is 2.13. The molecule has 0 aliphatic rings. The minimum absolute atomic E-state index is 0.175. The van der Waals surface area contributed by atoms with Gasteiger partial charge in [0.25, 0.3) is 0 Å². The van der Waals surface area contributed by atoms with E-state index in [-0.39, 0.29) is 12.5 Å². The first-order chi connectivity index (χ1) is 9.97. The molecule has 0 fully saturated rings. The smallest absolute Gasteiger partial charge is 0.345 e. The van der Waals surface area contributed by atoms with Crippen LogP contribution in [0, 0.1) is 6.92 Å². The van der Waals surface area contributed by atoms with E-state index in [4.69, 9.17) is 9.84 Å². The van der Waals surface area contributed by atoms with Gasteiger partial charge >= 0.3 is 5.97 Å². The van der Waals surface area contributed by atoms with E-state index in [1.165, 1.54) is 18.3 Å². The van der Waals surface area contributed by atoms with E-state index < -0.39 is 5.97 Å². The van der Waals surface area contributed by atoms with Crippen LogP contribution in [0.1, 0.15) is 27.0 Å². The van der Waals surface area contributed by atoms with Crippen molar-refractivity contribution in [1.82, 2.24) is 0 Å². The molecular formula is C15H15NO4S. The van der Waals surface area contributed by atoms with Crippen molar-refractivity contribution in [2.24, 2.45) is 0 Å². The number of ether oxygens (including phenoxy) is 1. The molecule has 1 amide bonds. The third-order valence-electron chi connectivity index (χ3n) is 2.81. The number of aryl methyl sites for hydroxylation is 1. The van der Waals surface area contributed by atoms with Gasteiger partial charge in [0.1, 0.15) is 17.2 Å². The van der Waals surface area contributed by atoms with Gasteiger partial charge in [-0.15, -0.1) is 11.3 Å². The molecule has 1 heterocycles. The number of carbonyl (C=O) groups excluding carboxylic acids is 1. The zero-order valence-corrected chi connectivity index (χ0v) is 12.5. The van der Waals surface area contributed by atoms with Crippen LogP contribution in [-0.4, -0.2) is 17.0 Å². The predicted octanol–water partition coefficient (Wildman–Crippen LogP) is 3.29. The maximum Gasteiger partial charge on any atom is 0.345 e. The molecule has 0 saturated carbocycles. The summed E-state index contributed by atoms with van der Waals surface area (Å²) in [7, 11) is 0. The van der Waals surface area contributed by atoms with Gasteiger partial charge in [-0.2, -0.15) is 0 Å². The summed E-state index contributed by atoms with van der Waals surface area (Å²) in [5, 5.41) is 11.7. The van der Waals surface area contributed by atoms with Crippen LogP contribution < -0.4 is 10.1 Å². The van der Waals surface area contributed by atoms with Crippen LogP contribution in [0.2, 0.25) is 0 Å². The average Bonchev–Trinajstić information content (AvgIpc) is 2.79. The van der Waals surface area contributed by atoms with Crippen LogP contribution in [0.4, 0.5) is 5.69 Å². The molecular weight excluding hydrogens is 290 g/mol. The fourth-order valence-electron chi connectivity index (χ4n) is 1.81. The van der Waals surface area contributed by atoms with Crippen molar-refractivity contribution in [3.05, 3.63) is 45.6 Å². The lowest BCUT2D eigenvalue weighted by atomic mass is 10.2. The molecule has 2 aromatic rings. The molecule has 2 rings (SSSR count). The standard InChI is InChI=1S/C15H15NO4S/c1-9-11(7-14(21-9)15(18)19)8-20-13-6-4-3-5-12(13)16-10(2)17/h3-7H,8H2,1-2H3,(H,16,17)(H,18,19). The molecule has 0 unspecified atom stereocenters. The summed E-state index contributed by atoms with van der Waals surface area (Å²) in [6, 6.07) is 8.73. The molecule has 110 valence electrons. The molecule has 0 radical (unpaired) electrons. The van der Waals surface area contributed by atoms with Gasteiger partial charge in [-0.1, -0.05) is 12.1 Å². The zero-order valence-electron chi connectivity index (χ0n) is 11.7. The van der Waals surface area contributed by atoms with Gasteiger partial charge in [-0.3, -0.25) is 4.79 Å². The Morgan fingerprint density at radius 3 is 2.67 bits per heavy atom. The molecule has 0 spiro atoms. The van der Waals surface area contributed by atoms with Crippen LogP contribution >= 0.6 is 11.3 Å². The van der Waals surface area contributed by atoms with E-state index in [1.54, 1.807) is 24.3 Å². The quantitative estimate of drug-likeness (QED) is 0.888. The zero-order chi connectivity index (χ0) is 15.4. The third-order valence-corrected chi connectivity index (χ3v) is 3.89. The van der Waals surface area contributed by atoms with Crippen molar-refractivity contribution in [3.63, 3.8) is 0 Å². The minimum atomic E-state index is -0.937. The molecule has 5 nitrogen and oxygen atoms in total. The highest BCUT2D eigenvalue weighted by Gasteiger charge is 2.12. The number of aromatic carboxylic acids is 1. The maximum atomic E-state index is 11.1. The summed E-state index contributed by atoms with van der Waals surface area (Å²) in [5.41, 5.74) is 1.42. The summed E-state index contributed by atoms with van der Waals surface area (Å²) in [5.74, 6) is -0.561. The second kappa shape index (κ2) is 6.41. The fourth-order valence-corrected chi connectivity index (χ4v) is 2.68. The van der Waals surface area contributed by atoms with Crippen molar-refractivity contribution in [2.75, 3.05) is 5.32 Å². The maximum absolute atomic E-state index is 11.1. The van der Waals surface area contributed by atoms with Crippen molar-refractivity contribution >= 4 is 28.9 Å². The van der Waals surface area contributed by atoms with Crippen LogP contribution in [0.15, 0.2) is 30.3 Å². The lowest BCUT2D eigenvalue weighted by molar-refractivity contribution is -0.114. The highest BCUT2D eigenvalue weighted by molar-refractivity contribution is 7.14. The summed E-state index contributed by atoms with van der Waals surface area (Å²) in [4.78, 5) is 23.3. The van der Waals surface area contributed by atoms with E-state index in [1.807, 2.05) is 13.0 Å². The van der Waals surface area contributed by atoms with E-state index in [0.29, 0.717) is 16.3 Å². The fraction of sp³-hybridized carbons (Fsp3) is 0.200. The van der Waals surface area contributed by atoms with Crippen LogP contribution in [0.25, 0.3) is 0 Å². The topological polar surface area (TPSA) is 75.6 Å². The second-order valence-corrected chi connectivity index (χ2v) is 5.72. The SMILES string of the molecule is CC(=O)Nc1ccccc1OCc1cc(C(=O)O)sc1C. The summed E-state index contributed by atoms with van der Waals surface area (Å²) < 4.78 is 5.70. The Kier molecular flexibility index (Phi) is 4.59. The lowest BCUT2D eigenvalue weighted by Crippen LogP contribution is -2.07. The average molecular weight is 305 g/mol. The number of carboxylic acid groups (broad SMARTS) is 1. The summed E-state index contributed by atoms with van der Waals surface area (Å²) in [6.07, 6.45) is 0. The van der Waals surface area contributed by atoms with Gasteiger partial charge in [0, 0.05) is 17.4 Å². The Morgan fingerprint density at radius 1 is 1.33 bits per heavy atom. The van der Waals surface area contributed by atoms with Gasteiger partial charge < -0.3 is 15.2 Å². The number of hydrogen-bond donors (Lipinski definition) is 2. The number of carboxylic acids is 1. The normalized spacial score (nSPS) is 10.2. The lowest BCUT2D eigenvalue weighted by Gasteiger charge is -2.11. The van der Waals surface area contributed by atoms with E-state index in [2.05, 4.69) is 5.32 Å². The summed E-state index contributed by atoms with van der Waals surface area (Å²) >= 11 is 1.22. The first kappa shape index (κ1) is 15.1. The molecule has 0 aliphatic carbocycles. The van der Waals surface area contributed by atoms with E-state index in [9.17, 15) is 9.59 Å². The van der Waals surface area contributed by atoms with Crippen molar-refractivity contribution in [2.45, 2.75) is 20.5 Å². The largest absolute Gasteiger partial charge is 0.487 e. The number of benzene rings is 1. The van der Waals surface area contributed by atoms with Crippen molar-refractivity contribution in [3.8, 4) is 5.75 Å². The molecule has 0 saturated heterocycles. The van der Waals surface area contributed by atoms with Crippen LogP contribution in [-0.2, 0) is 11.4 Å². The number of anilines is 1. The highest BCUT2D eigenvalue weighted by atomic mass is 32.1. The van der Waals surface area contributed by atoms with Crippen LogP contribution in [0.3, 0.4) is 0 Å². The Morgan fingerprint density at radius 2 is 2.05 bits per heavy atom. The van der Waals surface area contributed by atoms with Gasteiger partial charge in [0.2, 0.25) is 5.91 Å². The van der Waals surface area contributed by atoms with Gasteiger partial charge in [0.05, 0.1) is 5.69 Å². The molecule has 6 heteroatoms. The number of para-hydroxylation sites is 2. The Bertz CT molecular complexity index is 678. The number of thiophene rings is 1.